The fourth-order valence-electron chi connectivity index (χ4n) is 1.64. The van der Waals surface area contributed by atoms with Crippen LogP contribution in [0.25, 0.3) is 0 Å². The Labute approximate surface area is 132 Å². The molecule has 0 saturated carbocycles. The van der Waals surface area contributed by atoms with Crippen LogP contribution in [-0.4, -0.2) is 15.1 Å². The van der Waals surface area contributed by atoms with Crippen molar-refractivity contribution in [3.05, 3.63) is 45.7 Å². The molecule has 0 atom stereocenters. The van der Waals surface area contributed by atoms with E-state index in [0.29, 0.717) is 26.8 Å². The highest BCUT2D eigenvalue weighted by Crippen LogP contribution is 2.29. The van der Waals surface area contributed by atoms with E-state index in [9.17, 15) is 0 Å². The number of anilines is 2. The van der Waals surface area contributed by atoms with Gasteiger partial charge in [-0.05, 0) is 44.3 Å². The summed E-state index contributed by atoms with van der Waals surface area (Å²) in [5.74, 6) is 0.443. The highest BCUT2D eigenvalue weighted by Gasteiger charge is 2.07. The average molecular weight is 327 g/mol. The quantitative estimate of drug-likeness (QED) is 0.809. The molecule has 0 spiro atoms. The first-order chi connectivity index (χ1) is 9.45. The zero-order chi connectivity index (χ0) is 14.7. The van der Waals surface area contributed by atoms with Crippen molar-refractivity contribution in [2.24, 2.45) is 0 Å². The minimum atomic E-state index is 0.346. The molecule has 2 aromatic rings. The summed E-state index contributed by atoms with van der Waals surface area (Å²) in [5.41, 5.74) is 2.35. The fourth-order valence-corrected chi connectivity index (χ4v) is 2.19. The van der Waals surface area contributed by atoms with Crippen LogP contribution in [0, 0.1) is 13.8 Å². The normalized spacial score (nSPS) is 10.2. The number of halogens is 2. The van der Waals surface area contributed by atoms with E-state index in [1.54, 1.807) is 18.2 Å². The molecule has 0 aliphatic carbocycles. The summed E-state index contributed by atoms with van der Waals surface area (Å²) >= 11 is 17.2. The highest BCUT2D eigenvalue weighted by molar-refractivity contribution is 7.80. The second-order valence-corrected chi connectivity index (χ2v) is 5.35. The number of benzene rings is 1. The zero-order valence-corrected chi connectivity index (χ0v) is 13.2. The van der Waals surface area contributed by atoms with Gasteiger partial charge in [-0.15, -0.1) is 0 Å². The van der Waals surface area contributed by atoms with Crippen molar-refractivity contribution in [1.82, 2.24) is 9.97 Å². The minimum absolute atomic E-state index is 0.346. The molecule has 104 valence electrons. The molecule has 4 nitrogen and oxygen atoms in total. The molecule has 0 aliphatic rings. The lowest BCUT2D eigenvalue weighted by molar-refractivity contribution is 1.07. The molecule has 0 bridgehead atoms. The summed E-state index contributed by atoms with van der Waals surface area (Å²) in [6.07, 6.45) is 0. The van der Waals surface area contributed by atoms with Gasteiger partial charge in [0.15, 0.2) is 5.11 Å². The maximum Gasteiger partial charge on any atom is 0.229 e. The van der Waals surface area contributed by atoms with Gasteiger partial charge in [0, 0.05) is 11.4 Å². The summed E-state index contributed by atoms with van der Waals surface area (Å²) in [6, 6.07) is 7.16. The van der Waals surface area contributed by atoms with Crippen LogP contribution in [0.2, 0.25) is 10.0 Å². The highest BCUT2D eigenvalue weighted by atomic mass is 35.5. The lowest BCUT2D eigenvalue weighted by Gasteiger charge is -2.11. The maximum absolute atomic E-state index is 6.08. The molecule has 0 aliphatic heterocycles. The van der Waals surface area contributed by atoms with Crippen LogP contribution >= 0.6 is 35.4 Å². The monoisotopic (exact) mass is 326 g/mol. The molecule has 0 radical (unpaired) electrons. The largest absolute Gasteiger partial charge is 0.331 e. The molecule has 0 fully saturated rings. The Morgan fingerprint density at radius 3 is 2.40 bits per heavy atom. The molecular weight excluding hydrogens is 315 g/mol. The predicted octanol–water partition coefficient (Wildman–Crippen LogP) is 4.21. The van der Waals surface area contributed by atoms with E-state index in [1.807, 2.05) is 19.9 Å². The molecule has 7 heteroatoms. The molecule has 0 saturated heterocycles. The van der Waals surface area contributed by atoms with E-state index in [4.69, 9.17) is 35.4 Å². The summed E-state index contributed by atoms with van der Waals surface area (Å²) < 4.78 is 0. The first-order valence-electron chi connectivity index (χ1n) is 5.80. The van der Waals surface area contributed by atoms with Gasteiger partial charge in [0.05, 0.1) is 15.7 Å². The summed E-state index contributed by atoms with van der Waals surface area (Å²) in [6.45, 7) is 3.79. The molecule has 1 heterocycles. The van der Waals surface area contributed by atoms with Gasteiger partial charge in [0.2, 0.25) is 5.95 Å². The zero-order valence-electron chi connectivity index (χ0n) is 10.9. The topological polar surface area (TPSA) is 49.8 Å². The number of aromatic nitrogens is 2. The summed E-state index contributed by atoms with van der Waals surface area (Å²) in [4.78, 5) is 8.49. The van der Waals surface area contributed by atoms with Crippen LogP contribution in [0.5, 0.6) is 0 Å². The van der Waals surface area contributed by atoms with Gasteiger partial charge in [-0.2, -0.15) is 0 Å². The Balaban J connectivity index is 2.11. The van der Waals surface area contributed by atoms with Gasteiger partial charge in [0.1, 0.15) is 0 Å². The number of rotatable bonds is 2. The molecule has 0 amide bonds. The minimum Gasteiger partial charge on any atom is -0.331 e. The Hall–Kier alpha value is -1.43. The Morgan fingerprint density at radius 1 is 1.10 bits per heavy atom. The standard InChI is InChI=1S/C13H12Cl2N4S/c1-7-6-8(2)17-12(16-7)19-13(20)18-10-5-3-4-9(14)11(10)15/h3-6H,1-2H3,(H2,16,17,18,19,20). The summed E-state index contributed by atoms with van der Waals surface area (Å²) in [7, 11) is 0. The first-order valence-corrected chi connectivity index (χ1v) is 6.96. The molecule has 0 unspecified atom stereocenters. The van der Waals surface area contributed by atoms with E-state index in [-0.39, 0.29) is 0 Å². The van der Waals surface area contributed by atoms with Crippen LogP contribution in [0.4, 0.5) is 11.6 Å². The maximum atomic E-state index is 6.08. The molecule has 2 rings (SSSR count). The van der Waals surface area contributed by atoms with Crippen molar-refractivity contribution in [3.8, 4) is 0 Å². The van der Waals surface area contributed by atoms with Gasteiger partial charge in [0.25, 0.3) is 0 Å². The van der Waals surface area contributed by atoms with Crippen LogP contribution in [0.1, 0.15) is 11.4 Å². The Kier molecular flexibility index (Phi) is 4.75. The van der Waals surface area contributed by atoms with Crippen molar-refractivity contribution in [2.75, 3.05) is 10.6 Å². The van der Waals surface area contributed by atoms with Gasteiger partial charge >= 0.3 is 0 Å². The van der Waals surface area contributed by atoms with Crippen molar-refractivity contribution in [1.29, 1.82) is 0 Å². The number of thiocarbonyl (C=S) groups is 1. The Morgan fingerprint density at radius 2 is 1.75 bits per heavy atom. The van der Waals surface area contributed by atoms with Crippen molar-refractivity contribution < 1.29 is 0 Å². The molecule has 1 aromatic heterocycles. The lowest BCUT2D eigenvalue weighted by Crippen LogP contribution is -2.21. The van der Waals surface area contributed by atoms with Gasteiger partial charge < -0.3 is 10.6 Å². The second-order valence-electron chi connectivity index (χ2n) is 4.15. The van der Waals surface area contributed by atoms with Crippen molar-refractivity contribution >= 4 is 52.2 Å². The predicted molar refractivity (Wildman–Crippen MR) is 87.8 cm³/mol. The van der Waals surface area contributed by atoms with Crippen LogP contribution in [0.15, 0.2) is 24.3 Å². The van der Waals surface area contributed by atoms with Gasteiger partial charge in [-0.1, -0.05) is 29.3 Å². The number of hydrogen-bond acceptors (Lipinski definition) is 3. The van der Waals surface area contributed by atoms with Gasteiger partial charge in [-0.3, -0.25) is 0 Å². The van der Waals surface area contributed by atoms with Gasteiger partial charge in [-0.25, -0.2) is 9.97 Å². The summed E-state index contributed by atoms with van der Waals surface area (Å²) in [5, 5.41) is 7.10. The lowest BCUT2D eigenvalue weighted by atomic mass is 10.3. The molecule has 1 aromatic carbocycles. The third-order valence-corrected chi connectivity index (χ3v) is 3.43. The van der Waals surface area contributed by atoms with E-state index >= 15 is 0 Å². The Bertz CT molecular complexity index is 641. The van der Waals surface area contributed by atoms with E-state index in [2.05, 4.69) is 20.6 Å². The first kappa shape index (κ1) is 15.0. The number of nitrogens with zero attached hydrogens (tertiary/aromatic N) is 2. The van der Waals surface area contributed by atoms with Crippen LogP contribution in [0.3, 0.4) is 0 Å². The van der Waals surface area contributed by atoms with E-state index < -0.39 is 0 Å². The molecule has 2 N–H and O–H groups in total. The van der Waals surface area contributed by atoms with E-state index in [0.717, 1.165) is 11.4 Å². The SMILES string of the molecule is Cc1cc(C)nc(NC(=S)Nc2cccc(Cl)c2Cl)n1. The third kappa shape index (κ3) is 3.79. The van der Waals surface area contributed by atoms with Crippen molar-refractivity contribution in [2.45, 2.75) is 13.8 Å². The van der Waals surface area contributed by atoms with Crippen LogP contribution in [-0.2, 0) is 0 Å². The van der Waals surface area contributed by atoms with E-state index in [1.165, 1.54) is 0 Å². The number of nitrogens with one attached hydrogen (secondary N) is 2. The molecule has 20 heavy (non-hydrogen) atoms. The van der Waals surface area contributed by atoms with Crippen molar-refractivity contribution in [3.63, 3.8) is 0 Å². The molecular formula is C13H12Cl2N4S. The number of hydrogen-bond donors (Lipinski definition) is 2. The van der Waals surface area contributed by atoms with Crippen LogP contribution < -0.4 is 10.6 Å². The smallest absolute Gasteiger partial charge is 0.229 e. The third-order valence-electron chi connectivity index (χ3n) is 2.41. The second kappa shape index (κ2) is 6.35. The number of aryl methyl sites for hydroxylation is 2. The fraction of sp³-hybridized carbons (Fsp3) is 0.154. The average Bonchev–Trinajstić information content (AvgIpc) is 2.33.